The third-order valence-corrected chi connectivity index (χ3v) is 6.43. The van der Waals surface area contributed by atoms with Crippen molar-refractivity contribution in [3.8, 4) is 0 Å². The second kappa shape index (κ2) is 7.16. The summed E-state index contributed by atoms with van der Waals surface area (Å²) in [5.74, 6) is 0.445. The van der Waals surface area contributed by atoms with E-state index in [1.165, 1.54) is 0 Å². The number of nitrogens with one attached hydrogen (secondary N) is 1. The molecule has 160 valence electrons. The number of benzene rings is 1. The Morgan fingerprint density at radius 3 is 2.77 bits per heavy atom. The van der Waals surface area contributed by atoms with Crippen molar-refractivity contribution in [1.29, 1.82) is 0 Å². The number of aliphatic hydroxyl groups is 1. The monoisotopic (exact) mass is 418 g/mol. The Kier molecular flexibility index (Phi) is 4.55. The zero-order chi connectivity index (χ0) is 21.8. The van der Waals surface area contributed by atoms with E-state index in [0.29, 0.717) is 30.0 Å². The van der Waals surface area contributed by atoms with E-state index in [4.69, 9.17) is 4.98 Å². The van der Waals surface area contributed by atoms with Crippen molar-refractivity contribution in [2.75, 3.05) is 5.32 Å². The van der Waals surface area contributed by atoms with Gasteiger partial charge in [0.1, 0.15) is 5.52 Å². The number of nitrogens with zero attached hydrogens (tertiary/aromatic N) is 5. The van der Waals surface area contributed by atoms with E-state index in [1.54, 1.807) is 28.6 Å². The highest BCUT2D eigenvalue weighted by molar-refractivity contribution is 5.85. The number of rotatable bonds is 3. The van der Waals surface area contributed by atoms with Crippen molar-refractivity contribution in [1.82, 2.24) is 24.1 Å². The average molecular weight is 419 g/mol. The summed E-state index contributed by atoms with van der Waals surface area (Å²) in [6.45, 7) is 3.88. The quantitative estimate of drug-likeness (QED) is 0.528. The van der Waals surface area contributed by atoms with Crippen LogP contribution in [0.2, 0.25) is 0 Å². The first-order chi connectivity index (χ1) is 14.8. The number of anilines is 2. The highest BCUT2D eigenvalue weighted by Gasteiger charge is 2.31. The van der Waals surface area contributed by atoms with Crippen molar-refractivity contribution < 1.29 is 5.11 Å². The SMILES string of the molecule is Cc1cc2ncccc2cc1Nc1ncc2c(n1)n([C@H]1CC[C@@](C)(O)CC1)c(=O)n2C. The Bertz CT molecular complexity index is 1340. The molecule has 4 aromatic rings. The summed E-state index contributed by atoms with van der Waals surface area (Å²) in [6.07, 6.45) is 6.30. The maximum atomic E-state index is 13.0. The highest BCUT2D eigenvalue weighted by atomic mass is 16.3. The molecule has 8 heteroatoms. The molecule has 1 aromatic carbocycles. The topological polar surface area (TPSA) is 97.9 Å². The predicted octanol–water partition coefficient (Wildman–Crippen LogP) is 3.60. The van der Waals surface area contributed by atoms with E-state index < -0.39 is 5.60 Å². The Morgan fingerprint density at radius 1 is 1.23 bits per heavy atom. The molecule has 0 radical (unpaired) electrons. The molecule has 5 rings (SSSR count). The molecule has 1 fully saturated rings. The van der Waals surface area contributed by atoms with Gasteiger partial charge < -0.3 is 10.4 Å². The van der Waals surface area contributed by atoms with Crippen LogP contribution in [0.4, 0.5) is 11.6 Å². The third-order valence-electron chi connectivity index (χ3n) is 6.43. The maximum absolute atomic E-state index is 13.0. The summed E-state index contributed by atoms with van der Waals surface area (Å²) >= 11 is 0. The lowest BCUT2D eigenvalue weighted by molar-refractivity contribution is 0.00991. The molecule has 2 N–H and O–H groups in total. The number of aromatic nitrogens is 5. The zero-order valence-electron chi connectivity index (χ0n) is 18.0. The summed E-state index contributed by atoms with van der Waals surface area (Å²) in [4.78, 5) is 26.6. The van der Waals surface area contributed by atoms with Crippen LogP contribution in [0.15, 0.2) is 41.5 Å². The van der Waals surface area contributed by atoms with Crippen molar-refractivity contribution in [3.05, 3.63) is 52.7 Å². The molecule has 0 bridgehead atoms. The van der Waals surface area contributed by atoms with E-state index in [2.05, 4.69) is 15.3 Å². The molecule has 31 heavy (non-hydrogen) atoms. The van der Waals surface area contributed by atoms with Crippen molar-refractivity contribution >= 4 is 33.7 Å². The normalized spacial score (nSPS) is 21.6. The van der Waals surface area contributed by atoms with Crippen LogP contribution in [0.1, 0.15) is 44.2 Å². The lowest BCUT2D eigenvalue weighted by Crippen LogP contribution is -2.35. The first kappa shape index (κ1) is 19.7. The van der Waals surface area contributed by atoms with E-state index >= 15 is 0 Å². The standard InChI is InChI=1S/C23H26N6O2/c1-14-11-18-15(5-4-10-24-18)12-17(14)26-21-25-13-19-20(27-21)29(22(30)28(19)3)16-6-8-23(2,31)9-7-16/h4-5,10-13,16,31H,6-9H2,1-3H3,(H,25,26,27)/t16-,23+. The summed E-state index contributed by atoms with van der Waals surface area (Å²) < 4.78 is 3.37. The van der Waals surface area contributed by atoms with Gasteiger partial charge >= 0.3 is 5.69 Å². The summed E-state index contributed by atoms with van der Waals surface area (Å²) in [5, 5.41) is 14.6. The van der Waals surface area contributed by atoms with Gasteiger partial charge in [0.05, 0.1) is 17.3 Å². The smallest absolute Gasteiger partial charge is 0.330 e. The number of aryl methyl sites for hydroxylation is 2. The summed E-state index contributed by atoms with van der Waals surface area (Å²) in [6, 6.07) is 8.01. The van der Waals surface area contributed by atoms with Crippen LogP contribution in [-0.4, -0.2) is 34.8 Å². The van der Waals surface area contributed by atoms with Crippen LogP contribution < -0.4 is 11.0 Å². The predicted molar refractivity (Wildman–Crippen MR) is 121 cm³/mol. The average Bonchev–Trinajstić information content (AvgIpc) is 2.99. The molecule has 0 unspecified atom stereocenters. The number of fused-ring (bicyclic) bond motifs is 2. The molecule has 1 saturated carbocycles. The second-order valence-electron chi connectivity index (χ2n) is 8.83. The molecular formula is C23H26N6O2. The maximum Gasteiger partial charge on any atom is 0.330 e. The highest BCUT2D eigenvalue weighted by Crippen LogP contribution is 2.35. The van der Waals surface area contributed by atoms with Gasteiger partial charge in [-0.1, -0.05) is 6.07 Å². The molecular weight excluding hydrogens is 392 g/mol. The fourth-order valence-electron chi connectivity index (χ4n) is 4.49. The van der Waals surface area contributed by atoms with Gasteiger partial charge in [0, 0.05) is 30.4 Å². The van der Waals surface area contributed by atoms with Crippen molar-refractivity contribution in [2.45, 2.75) is 51.2 Å². The van der Waals surface area contributed by atoms with Crippen LogP contribution in [0.25, 0.3) is 22.1 Å². The first-order valence-electron chi connectivity index (χ1n) is 10.6. The molecule has 0 aliphatic heterocycles. The number of imidazole rings is 1. The van der Waals surface area contributed by atoms with Gasteiger partial charge in [-0.3, -0.25) is 14.1 Å². The number of hydrogen-bond donors (Lipinski definition) is 2. The van der Waals surface area contributed by atoms with Crippen LogP contribution in [-0.2, 0) is 7.05 Å². The van der Waals surface area contributed by atoms with Crippen molar-refractivity contribution in [2.24, 2.45) is 7.05 Å². The lowest BCUT2D eigenvalue weighted by atomic mass is 9.83. The van der Waals surface area contributed by atoms with Crippen molar-refractivity contribution in [3.63, 3.8) is 0 Å². The van der Waals surface area contributed by atoms with Crippen LogP contribution >= 0.6 is 0 Å². The molecule has 8 nitrogen and oxygen atoms in total. The van der Waals surface area contributed by atoms with E-state index in [1.807, 2.05) is 38.1 Å². The Morgan fingerprint density at radius 2 is 2.00 bits per heavy atom. The van der Waals surface area contributed by atoms with E-state index in [0.717, 1.165) is 35.0 Å². The zero-order valence-corrected chi connectivity index (χ0v) is 18.0. The third kappa shape index (κ3) is 3.46. The molecule has 0 spiro atoms. The fourth-order valence-corrected chi connectivity index (χ4v) is 4.49. The minimum Gasteiger partial charge on any atom is -0.390 e. The van der Waals surface area contributed by atoms with Gasteiger partial charge in [0.2, 0.25) is 5.95 Å². The molecule has 3 aromatic heterocycles. The molecule has 0 saturated heterocycles. The van der Waals surface area contributed by atoms with Gasteiger partial charge in [-0.25, -0.2) is 9.78 Å². The summed E-state index contributed by atoms with van der Waals surface area (Å²) in [7, 11) is 1.75. The fraction of sp³-hybridized carbons (Fsp3) is 0.391. The minimum atomic E-state index is -0.658. The second-order valence-corrected chi connectivity index (χ2v) is 8.83. The Hall–Kier alpha value is -3.26. The molecule has 0 amide bonds. The summed E-state index contributed by atoms with van der Waals surface area (Å²) in [5.41, 5.74) is 3.44. The largest absolute Gasteiger partial charge is 0.390 e. The Balaban J connectivity index is 1.54. The molecule has 1 aliphatic carbocycles. The minimum absolute atomic E-state index is 0.0210. The Labute approximate surface area is 179 Å². The van der Waals surface area contributed by atoms with Crippen LogP contribution in [0.3, 0.4) is 0 Å². The van der Waals surface area contributed by atoms with E-state index in [9.17, 15) is 9.90 Å². The number of pyridine rings is 1. The van der Waals surface area contributed by atoms with Gasteiger partial charge in [-0.2, -0.15) is 4.98 Å². The molecule has 1 aliphatic rings. The number of hydrogen-bond acceptors (Lipinski definition) is 6. The molecule has 0 atom stereocenters. The van der Waals surface area contributed by atoms with Crippen LogP contribution in [0, 0.1) is 6.92 Å². The van der Waals surface area contributed by atoms with Gasteiger partial charge in [0.15, 0.2) is 5.65 Å². The van der Waals surface area contributed by atoms with Gasteiger partial charge in [0.25, 0.3) is 0 Å². The van der Waals surface area contributed by atoms with Gasteiger partial charge in [-0.15, -0.1) is 0 Å². The lowest BCUT2D eigenvalue weighted by Gasteiger charge is -2.33. The first-order valence-corrected chi connectivity index (χ1v) is 10.6. The molecule has 3 heterocycles. The van der Waals surface area contributed by atoms with E-state index in [-0.39, 0.29) is 11.7 Å². The van der Waals surface area contributed by atoms with Crippen LogP contribution in [0.5, 0.6) is 0 Å². The van der Waals surface area contributed by atoms with Gasteiger partial charge in [-0.05, 0) is 63.3 Å².